The summed E-state index contributed by atoms with van der Waals surface area (Å²) in [5, 5.41) is 30.3. The van der Waals surface area contributed by atoms with Gasteiger partial charge in [0.25, 0.3) is 15.9 Å². The standard InChI is InChI=1S/C15H13N3O4S.C7H7NO3/c1-18-13(15(20)17-12-8-4-5-9-16-12)14(19)10-6-2-3-7-11(10)23(18,21)22;8-4-1-2-6(9)5(3-4)7(10)11/h2-9,19H,1H3,(H,16,17,20);1-3,9H,8H2,(H,10,11). The lowest BCUT2D eigenvalue weighted by Crippen LogP contribution is -2.37. The largest absolute Gasteiger partial charge is 0.507 e. The molecule has 0 bridgehead atoms. The third kappa shape index (κ3) is 4.76. The summed E-state index contributed by atoms with van der Waals surface area (Å²) < 4.78 is 25.8. The van der Waals surface area contributed by atoms with Gasteiger partial charge in [0, 0.05) is 24.5 Å². The Kier molecular flexibility index (Phi) is 6.73. The number of nitrogens with two attached hydrogens (primary N) is 1. The first-order chi connectivity index (χ1) is 16.0. The summed E-state index contributed by atoms with van der Waals surface area (Å²) >= 11 is 0. The van der Waals surface area contributed by atoms with Gasteiger partial charge in [-0.15, -0.1) is 0 Å². The van der Waals surface area contributed by atoms with Gasteiger partial charge in [-0.2, -0.15) is 0 Å². The molecule has 176 valence electrons. The normalized spacial score (nSPS) is 13.9. The van der Waals surface area contributed by atoms with Gasteiger partial charge in [-0.1, -0.05) is 18.2 Å². The second-order valence-electron chi connectivity index (χ2n) is 6.92. The number of carboxylic acids is 1. The van der Waals surface area contributed by atoms with Crippen molar-refractivity contribution in [1.29, 1.82) is 0 Å². The number of pyridine rings is 1. The number of aromatic nitrogens is 1. The van der Waals surface area contributed by atoms with E-state index in [4.69, 9.17) is 15.9 Å². The van der Waals surface area contributed by atoms with Crippen molar-refractivity contribution < 1.29 is 33.3 Å². The van der Waals surface area contributed by atoms with Gasteiger partial charge in [-0.3, -0.25) is 9.10 Å². The van der Waals surface area contributed by atoms with E-state index in [0.717, 1.165) is 4.31 Å². The second-order valence-corrected chi connectivity index (χ2v) is 8.85. The Labute approximate surface area is 194 Å². The number of fused-ring (bicyclic) bond motifs is 1. The Hall–Kier alpha value is -4.58. The topological polar surface area (TPSA) is 183 Å². The van der Waals surface area contributed by atoms with Crippen molar-refractivity contribution in [2.45, 2.75) is 4.90 Å². The number of likely N-dealkylation sites (N-methyl/N-ethyl adjacent to an activating group) is 1. The van der Waals surface area contributed by atoms with E-state index < -0.39 is 27.7 Å². The van der Waals surface area contributed by atoms with Crippen LogP contribution in [-0.4, -0.2) is 52.0 Å². The number of phenols is 1. The molecule has 1 aliphatic heterocycles. The number of hydrogen-bond donors (Lipinski definition) is 5. The molecule has 0 radical (unpaired) electrons. The van der Waals surface area contributed by atoms with Crippen LogP contribution in [0.5, 0.6) is 5.75 Å². The van der Waals surface area contributed by atoms with Crippen molar-refractivity contribution in [3.05, 3.63) is 83.7 Å². The average Bonchev–Trinajstić information content (AvgIpc) is 2.81. The summed E-state index contributed by atoms with van der Waals surface area (Å²) in [7, 11) is -2.69. The minimum absolute atomic E-state index is 0.0469. The number of sulfonamides is 1. The number of aliphatic hydroxyl groups is 1. The Morgan fingerprint density at radius 2 is 1.71 bits per heavy atom. The summed E-state index contributed by atoms with van der Waals surface area (Å²) in [4.78, 5) is 26.7. The summed E-state index contributed by atoms with van der Waals surface area (Å²) in [6.07, 6.45) is 1.49. The molecule has 3 aromatic rings. The molecule has 0 atom stereocenters. The quantitative estimate of drug-likeness (QED) is 0.275. The molecule has 2 heterocycles. The van der Waals surface area contributed by atoms with Crippen LogP contribution in [0.4, 0.5) is 11.5 Å². The van der Waals surface area contributed by atoms with E-state index in [0.29, 0.717) is 5.69 Å². The number of nitrogens with one attached hydrogen (secondary N) is 1. The smallest absolute Gasteiger partial charge is 0.339 e. The molecule has 2 aromatic carbocycles. The molecule has 34 heavy (non-hydrogen) atoms. The van der Waals surface area contributed by atoms with Crippen LogP contribution in [0, 0.1) is 0 Å². The Balaban J connectivity index is 0.000000248. The van der Waals surface area contributed by atoms with Gasteiger partial charge in [0.05, 0.1) is 4.90 Å². The van der Waals surface area contributed by atoms with Crippen LogP contribution in [0.3, 0.4) is 0 Å². The van der Waals surface area contributed by atoms with E-state index in [1.165, 1.54) is 43.6 Å². The molecule has 1 aromatic heterocycles. The Morgan fingerprint density at radius 1 is 1.03 bits per heavy atom. The molecule has 11 nitrogen and oxygen atoms in total. The van der Waals surface area contributed by atoms with Crippen LogP contribution in [0.1, 0.15) is 15.9 Å². The van der Waals surface area contributed by atoms with Gasteiger partial charge in [0.2, 0.25) is 0 Å². The van der Waals surface area contributed by atoms with Crippen molar-refractivity contribution in [3.63, 3.8) is 0 Å². The highest BCUT2D eigenvalue weighted by molar-refractivity contribution is 7.89. The number of aromatic hydroxyl groups is 1. The number of rotatable bonds is 3. The fourth-order valence-electron chi connectivity index (χ4n) is 3.02. The van der Waals surface area contributed by atoms with Gasteiger partial charge in [-0.25, -0.2) is 18.2 Å². The third-order valence-electron chi connectivity index (χ3n) is 4.69. The zero-order valence-electron chi connectivity index (χ0n) is 17.7. The molecule has 1 amide bonds. The Bertz CT molecular complexity index is 1390. The minimum Gasteiger partial charge on any atom is -0.507 e. The molecular weight excluding hydrogens is 464 g/mol. The van der Waals surface area contributed by atoms with Gasteiger partial charge in [0.15, 0.2) is 11.5 Å². The molecular formula is C22H20N4O7S. The van der Waals surface area contributed by atoms with Crippen LogP contribution < -0.4 is 11.1 Å². The number of aromatic carboxylic acids is 1. The van der Waals surface area contributed by atoms with Crippen molar-refractivity contribution in [3.8, 4) is 5.75 Å². The van der Waals surface area contributed by atoms with Crippen LogP contribution in [-0.2, 0) is 14.8 Å². The number of carbonyl (C=O) groups is 2. The summed E-state index contributed by atoms with van der Waals surface area (Å²) in [6.45, 7) is 0. The van der Waals surface area contributed by atoms with Gasteiger partial charge in [0.1, 0.15) is 17.1 Å². The molecule has 4 rings (SSSR count). The lowest BCUT2D eigenvalue weighted by Gasteiger charge is -2.28. The summed E-state index contributed by atoms with van der Waals surface area (Å²) in [5.41, 5.74) is 5.18. The molecule has 0 fully saturated rings. The maximum Gasteiger partial charge on any atom is 0.339 e. The fraction of sp³-hybridized carbons (Fsp3) is 0.0455. The van der Waals surface area contributed by atoms with E-state index in [-0.39, 0.29) is 33.3 Å². The number of carbonyl (C=O) groups excluding carboxylic acids is 1. The maximum atomic E-state index is 12.5. The number of anilines is 2. The minimum atomic E-state index is -3.91. The van der Waals surface area contributed by atoms with Crippen LogP contribution in [0.25, 0.3) is 5.76 Å². The van der Waals surface area contributed by atoms with E-state index in [1.54, 1.807) is 30.3 Å². The zero-order chi connectivity index (χ0) is 25.0. The monoisotopic (exact) mass is 484 g/mol. The predicted molar refractivity (Wildman–Crippen MR) is 123 cm³/mol. The Morgan fingerprint density at radius 3 is 2.32 bits per heavy atom. The van der Waals surface area contributed by atoms with Crippen LogP contribution in [0.15, 0.2) is 77.5 Å². The predicted octanol–water partition coefficient (Wildman–Crippen LogP) is 2.25. The van der Waals surface area contributed by atoms with Gasteiger partial charge >= 0.3 is 5.97 Å². The second kappa shape index (κ2) is 9.50. The molecule has 0 aliphatic carbocycles. The summed E-state index contributed by atoms with van der Waals surface area (Å²) in [5.74, 6) is -2.36. The highest BCUT2D eigenvalue weighted by Crippen LogP contribution is 2.34. The third-order valence-corrected chi connectivity index (χ3v) is 6.51. The first-order valence-corrected chi connectivity index (χ1v) is 11.0. The van der Waals surface area contributed by atoms with Crippen molar-refractivity contribution in [2.75, 3.05) is 18.1 Å². The van der Waals surface area contributed by atoms with Gasteiger partial charge in [-0.05, 0) is 42.5 Å². The number of nitrogen functional groups attached to an aromatic ring is 1. The highest BCUT2D eigenvalue weighted by Gasteiger charge is 2.37. The fourth-order valence-corrected chi connectivity index (χ4v) is 4.42. The lowest BCUT2D eigenvalue weighted by atomic mass is 10.1. The molecule has 0 unspecified atom stereocenters. The molecule has 0 saturated heterocycles. The first kappa shape index (κ1) is 24.1. The van der Waals surface area contributed by atoms with Gasteiger partial charge < -0.3 is 26.4 Å². The van der Waals surface area contributed by atoms with E-state index >= 15 is 0 Å². The molecule has 0 saturated carbocycles. The first-order valence-electron chi connectivity index (χ1n) is 9.59. The van der Waals surface area contributed by atoms with Crippen molar-refractivity contribution in [2.24, 2.45) is 0 Å². The molecule has 0 spiro atoms. The van der Waals surface area contributed by atoms with Crippen LogP contribution >= 0.6 is 0 Å². The molecule has 1 aliphatic rings. The van der Waals surface area contributed by atoms with Crippen molar-refractivity contribution >= 4 is 39.2 Å². The SMILES string of the molecule is CN1C(C(=O)Nc2ccccn2)=C(O)c2ccccc2S1(=O)=O.Nc1ccc(O)c(C(=O)O)c1. The molecule has 12 heteroatoms. The average molecular weight is 484 g/mol. The number of hydrogen-bond acceptors (Lipinski definition) is 8. The van der Waals surface area contributed by atoms with E-state index in [2.05, 4.69) is 10.3 Å². The zero-order valence-corrected chi connectivity index (χ0v) is 18.5. The van der Waals surface area contributed by atoms with Crippen molar-refractivity contribution in [1.82, 2.24) is 9.29 Å². The van der Waals surface area contributed by atoms with E-state index in [9.17, 15) is 23.1 Å². The van der Waals surface area contributed by atoms with Crippen LogP contribution in [0.2, 0.25) is 0 Å². The molecule has 6 N–H and O–H groups in total. The van der Waals surface area contributed by atoms with E-state index in [1.807, 2.05) is 0 Å². The number of nitrogens with zero attached hydrogens (tertiary/aromatic N) is 2. The lowest BCUT2D eigenvalue weighted by molar-refractivity contribution is -0.113. The number of carboxylic acid groups (broad SMARTS) is 1. The highest BCUT2D eigenvalue weighted by atomic mass is 32.2. The summed E-state index contributed by atoms with van der Waals surface area (Å²) in [6, 6.07) is 14.8. The number of amides is 1. The maximum absolute atomic E-state index is 12.5. The number of benzene rings is 2. The number of aliphatic hydroxyl groups excluding tert-OH is 1.